The van der Waals surface area contributed by atoms with E-state index in [0.29, 0.717) is 29.6 Å². The summed E-state index contributed by atoms with van der Waals surface area (Å²) >= 11 is 0. The Balaban J connectivity index is 0.000000181. The Kier molecular flexibility index (Phi) is 12.8. The van der Waals surface area contributed by atoms with Crippen molar-refractivity contribution < 1.29 is 83.1 Å². The average Bonchev–Trinajstić information content (AvgIpc) is 3.82. The third-order valence-electron chi connectivity index (χ3n) is 17.7. The number of carbonyl (C=O) groups is 7. The summed E-state index contributed by atoms with van der Waals surface area (Å²) in [4.78, 5) is 80.2. The van der Waals surface area contributed by atoms with E-state index in [2.05, 4.69) is 0 Å². The topological polar surface area (TPSA) is 278 Å². The van der Waals surface area contributed by atoms with E-state index in [4.69, 9.17) is 24.1 Å². The molecule has 0 aromatic carbocycles. The first-order valence-electron chi connectivity index (χ1n) is 23.6. The average molecular weight is 953 g/mol. The van der Waals surface area contributed by atoms with Gasteiger partial charge in [-0.15, -0.1) is 0 Å². The first-order valence-corrected chi connectivity index (χ1v) is 23.6. The van der Waals surface area contributed by atoms with Gasteiger partial charge in [0.05, 0.1) is 49.4 Å². The van der Waals surface area contributed by atoms with Crippen molar-refractivity contribution in [2.45, 2.75) is 148 Å². The molecule has 5 saturated carbocycles. The number of esters is 2. The minimum absolute atomic E-state index is 0.0000834. The molecular weight excluding hydrogens is 885 g/mol. The summed E-state index contributed by atoms with van der Waals surface area (Å²) in [7, 11) is 0. The molecule has 0 aromatic heterocycles. The predicted molar refractivity (Wildman–Crippen MR) is 238 cm³/mol. The Morgan fingerprint density at radius 1 is 0.676 bits per heavy atom. The second kappa shape index (κ2) is 16.9. The molecule has 5 fully saturated rings. The van der Waals surface area contributed by atoms with E-state index in [0.717, 1.165) is 0 Å². The van der Waals surface area contributed by atoms with E-state index >= 15 is 0 Å². The summed E-state index contributed by atoms with van der Waals surface area (Å²) in [6.45, 7) is 17.3. The summed E-state index contributed by atoms with van der Waals surface area (Å²) in [6.07, 6.45) is 7.89. The van der Waals surface area contributed by atoms with Crippen molar-refractivity contribution in [3.63, 3.8) is 0 Å². The molecule has 0 radical (unpaired) electrons. The van der Waals surface area contributed by atoms with Crippen LogP contribution in [0.2, 0.25) is 0 Å². The van der Waals surface area contributed by atoms with E-state index in [1.54, 1.807) is 32.1 Å². The zero-order valence-corrected chi connectivity index (χ0v) is 40.7. The molecule has 0 spiro atoms. The fourth-order valence-electron chi connectivity index (χ4n) is 14.3. The van der Waals surface area contributed by atoms with E-state index in [1.165, 1.54) is 13.8 Å². The molecule has 0 saturated heterocycles. The molecule has 0 heterocycles. The Morgan fingerprint density at radius 2 is 1.10 bits per heavy atom. The highest BCUT2D eigenvalue weighted by Crippen LogP contribution is 2.78. The third kappa shape index (κ3) is 7.51. The van der Waals surface area contributed by atoms with Crippen LogP contribution in [0, 0.1) is 58.2 Å². The zero-order valence-electron chi connectivity index (χ0n) is 40.7. The lowest BCUT2D eigenvalue weighted by Gasteiger charge is -2.50. The van der Waals surface area contributed by atoms with Crippen LogP contribution >= 0.6 is 0 Å². The molecule has 68 heavy (non-hydrogen) atoms. The van der Waals surface area contributed by atoms with Crippen LogP contribution in [0.4, 0.5) is 0 Å². The van der Waals surface area contributed by atoms with Crippen molar-refractivity contribution in [2.75, 3.05) is 20.0 Å². The van der Waals surface area contributed by atoms with Crippen LogP contribution in [0.5, 0.6) is 0 Å². The molecule has 374 valence electrons. The van der Waals surface area contributed by atoms with Crippen molar-refractivity contribution >= 4 is 41.0 Å². The van der Waals surface area contributed by atoms with Crippen LogP contribution in [0.25, 0.3) is 0 Å². The minimum atomic E-state index is -1.88. The Hall–Kier alpha value is -4.39. The predicted octanol–water partition coefficient (Wildman–Crippen LogP) is 3.41. The van der Waals surface area contributed by atoms with Gasteiger partial charge in [0, 0.05) is 73.0 Å². The fourth-order valence-corrected chi connectivity index (χ4v) is 14.3. The number of carbonyl (C=O) groups excluding carboxylic acids is 6. The molecule has 14 atom stereocenters. The molecule has 9 aliphatic rings. The molecule has 17 nitrogen and oxygen atoms in total. The Labute approximate surface area is 396 Å². The van der Waals surface area contributed by atoms with E-state index in [9.17, 15) is 59.1 Å². The van der Waals surface area contributed by atoms with Gasteiger partial charge in [-0.2, -0.15) is 0 Å². The smallest absolute Gasteiger partial charge is 0.305 e. The van der Waals surface area contributed by atoms with E-state index in [-0.39, 0.29) is 104 Å². The maximum absolute atomic E-state index is 13.1. The van der Waals surface area contributed by atoms with Crippen LogP contribution in [0.3, 0.4) is 0 Å². The van der Waals surface area contributed by atoms with Crippen LogP contribution in [-0.2, 0) is 52.5 Å². The van der Waals surface area contributed by atoms with Gasteiger partial charge < -0.3 is 49.6 Å². The molecule has 0 aromatic rings. The maximum atomic E-state index is 13.1. The molecule has 6 N–H and O–H groups in total. The van der Waals surface area contributed by atoms with Gasteiger partial charge in [0.2, 0.25) is 0 Å². The van der Waals surface area contributed by atoms with Gasteiger partial charge in [-0.1, -0.05) is 59.8 Å². The van der Waals surface area contributed by atoms with Crippen molar-refractivity contribution in [2.24, 2.45) is 58.2 Å². The Bertz CT molecular complexity index is 2320. The number of ketones is 4. The quantitative estimate of drug-likeness (QED) is 0.0635. The van der Waals surface area contributed by atoms with Crippen molar-refractivity contribution in [1.82, 2.24) is 0 Å². The largest absolute Gasteiger partial charge is 0.481 e. The Morgan fingerprint density at radius 3 is 1.49 bits per heavy atom. The monoisotopic (exact) mass is 952 g/mol. The normalized spacial score (nSPS) is 42.7. The lowest BCUT2D eigenvalue weighted by atomic mass is 9.60. The van der Waals surface area contributed by atoms with Crippen molar-refractivity contribution in [3.8, 4) is 0 Å². The standard InChI is InChI=1S/C25H34O9.C22H30O6.C4H4O2/c1-13-8-18-23(30,21(13)29)11-16(33-12-32-7-6-19(27)28)9-17-20-22(4,5)24(20,34-15(3)26)10-14(2)25(17,18)31;1-11-6-16-20(26,18(11)25)9-14(10-23)7-15-17-19(4,5)21(17,28-13(3)24)8-12(2)22(15,16)27;5-3-1-4(6)2-3/h8-9,14,17-18,20,30-31H,6-7,10-12H2,1-5H3,(H,27,28);6-7,12,15-17,23,26-27H,8-10H2,1-5H3;1-2H2/t14-,17+,18-,20-,23-,24+,25-;12-,15+,16-,17-,20-,21+,22-;/m11./s1. The van der Waals surface area contributed by atoms with Gasteiger partial charge in [0.25, 0.3) is 0 Å². The summed E-state index contributed by atoms with van der Waals surface area (Å²) in [5.41, 5.74) is -7.36. The number of fused-ring (bicyclic) bond motifs is 10. The number of hydrogen-bond donors (Lipinski definition) is 6. The van der Waals surface area contributed by atoms with E-state index < -0.39 is 86.3 Å². The van der Waals surface area contributed by atoms with Gasteiger partial charge in [-0.25, -0.2) is 0 Å². The summed E-state index contributed by atoms with van der Waals surface area (Å²) < 4.78 is 22.7. The molecule has 0 amide bonds. The third-order valence-corrected chi connectivity index (χ3v) is 17.7. The number of aliphatic hydroxyl groups is 5. The van der Waals surface area contributed by atoms with Crippen molar-refractivity contribution in [3.05, 3.63) is 46.8 Å². The van der Waals surface area contributed by atoms with Gasteiger partial charge >= 0.3 is 17.9 Å². The van der Waals surface area contributed by atoms with Gasteiger partial charge in [0.1, 0.15) is 34.0 Å². The van der Waals surface area contributed by atoms with Gasteiger partial charge in [-0.05, 0) is 61.3 Å². The number of rotatable bonds is 9. The van der Waals surface area contributed by atoms with E-state index in [1.807, 2.05) is 47.6 Å². The summed E-state index contributed by atoms with van der Waals surface area (Å²) in [5.74, 6) is -5.87. The number of ether oxygens (including phenoxy) is 4. The SMILES string of the molecule is CC(=O)O[C@@]12C[C@@H](C)[C@@]3(O)[C@@H](C=C(CO)C[C@]4(O)C(=O)C(C)=C[C@@H]34)[C@@H]1C2(C)C.CC(=O)O[C@@]12C[C@@H](C)[C@@]3(O)[C@@H](C=C(OCOCCC(=O)O)C[C@]4(O)C(=O)C(C)=C[C@@H]34)[C@@H]1C2(C)C.O=C1CC(=O)C1. The summed E-state index contributed by atoms with van der Waals surface area (Å²) in [6, 6.07) is 0. The zero-order chi connectivity index (χ0) is 50.7. The highest BCUT2D eigenvalue weighted by Gasteiger charge is 2.84. The minimum Gasteiger partial charge on any atom is -0.481 e. The second-order valence-corrected chi connectivity index (χ2v) is 22.3. The number of hydrogen-bond acceptors (Lipinski definition) is 16. The first kappa shape index (κ1) is 51.5. The lowest BCUT2D eigenvalue weighted by Crippen LogP contribution is -2.61. The molecule has 0 bridgehead atoms. The van der Waals surface area contributed by atoms with Gasteiger partial charge in [0.15, 0.2) is 18.4 Å². The second-order valence-electron chi connectivity index (χ2n) is 22.3. The number of carboxylic acids is 1. The van der Waals surface area contributed by atoms with Gasteiger partial charge in [-0.3, -0.25) is 33.6 Å². The van der Waals surface area contributed by atoms with Crippen LogP contribution in [0.1, 0.15) is 114 Å². The number of carboxylic acid groups (broad SMARTS) is 1. The maximum Gasteiger partial charge on any atom is 0.305 e. The summed E-state index contributed by atoms with van der Waals surface area (Å²) in [5, 5.41) is 66.1. The molecule has 0 aliphatic heterocycles. The highest BCUT2D eigenvalue weighted by atomic mass is 16.7. The van der Waals surface area contributed by atoms with Crippen LogP contribution < -0.4 is 0 Å². The highest BCUT2D eigenvalue weighted by molar-refractivity contribution is 6.18. The molecule has 0 unspecified atom stereocenters. The number of aliphatic hydroxyl groups excluding tert-OH is 1. The number of aliphatic carboxylic acids is 1. The molecule has 9 aliphatic carbocycles. The molecule has 9 rings (SSSR count). The van der Waals surface area contributed by atoms with Crippen LogP contribution in [-0.4, -0.2) is 125 Å². The van der Waals surface area contributed by atoms with Crippen molar-refractivity contribution in [1.29, 1.82) is 0 Å². The lowest BCUT2D eigenvalue weighted by molar-refractivity contribution is -0.186. The van der Waals surface area contributed by atoms with Crippen LogP contribution in [0.15, 0.2) is 46.8 Å². The fraction of sp³-hybridized carbons (Fsp3) is 0.706. The molecule has 17 heteroatoms. The number of Topliss-reactive ketones (excluding diaryl/α,β-unsaturated/α-hetero) is 4. The first-order chi connectivity index (χ1) is 31.4. The molecular formula is C51H68O17.